The first-order valence-electron chi connectivity index (χ1n) is 10.5. The van der Waals surface area contributed by atoms with Crippen molar-refractivity contribution in [1.29, 1.82) is 0 Å². The number of nitrogens with zero attached hydrogens (tertiary/aromatic N) is 3. The van der Waals surface area contributed by atoms with E-state index in [0.29, 0.717) is 33.6 Å². The average molecular weight is 528 g/mol. The number of ether oxygens (including phenoxy) is 1. The van der Waals surface area contributed by atoms with E-state index in [-0.39, 0.29) is 11.3 Å². The molecule has 1 fully saturated rings. The molecule has 170 valence electrons. The van der Waals surface area contributed by atoms with Crippen molar-refractivity contribution >= 4 is 49.8 Å². The van der Waals surface area contributed by atoms with Crippen LogP contribution in [0.4, 0.5) is 5.13 Å². The van der Waals surface area contributed by atoms with Crippen LogP contribution in [0, 0.1) is 6.92 Å². The van der Waals surface area contributed by atoms with E-state index < -0.39 is 17.7 Å². The molecule has 2 aromatic carbocycles. The third kappa shape index (κ3) is 4.69. The van der Waals surface area contributed by atoms with Crippen molar-refractivity contribution in [3.05, 3.63) is 74.7 Å². The number of amides is 1. The topological polar surface area (TPSA) is 92.6 Å². The van der Waals surface area contributed by atoms with Gasteiger partial charge < -0.3 is 9.84 Å². The molecule has 3 aromatic rings. The Hall–Kier alpha value is -3.04. The fourth-order valence-electron chi connectivity index (χ4n) is 3.57. The molecule has 0 spiro atoms. The van der Waals surface area contributed by atoms with E-state index in [1.807, 2.05) is 12.1 Å². The third-order valence-corrected chi connectivity index (χ3v) is 6.61. The number of hydrogen-bond donors (Lipinski definition) is 1. The summed E-state index contributed by atoms with van der Waals surface area (Å²) in [7, 11) is 0. The number of benzene rings is 2. The molecule has 1 N–H and O–H groups in total. The van der Waals surface area contributed by atoms with Crippen LogP contribution in [0.1, 0.15) is 41.9 Å². The predicted molar refractivity (Wildman–Crippen MR) is 130 cm³/mol. The molecule has 1 amide bonds. The van der Waals surface area contributed by atoms with Crippen LogP contribution in [-0.4, -0.2) is 33.6 Å². The van der Waals surface area contributed by atoms with Crippen LogP contribution in [0.5, 0.6) is 5.75 Å². The average Bonchev–Trinajstić information content (AvgIpc) is 3.35. The van der Waals surface area contributed by atoms with Crippen LogP contribution < -0.4 is 9.64 Å². The maximum atomic E-state index is 13.1. The van der Waals surface area contributed by atoms with Crippen LogP contribution in [0.3, 0.4) is 0 Å². The van der Waals surface area contributed by atoms with Gasteiger partial charge in [0.05, 0.1) is 18.2 Å². The number of carbonyl (C=O) groups excluding carboxylic acids is 2. The number of halogens is 1. The fourth-order valence-corrected chi connectivity index (χ4v) is 4.55. The highest BCUT2D eigenvalue weighted by Gasteiger charge is 2.48. The zero-order chi connectivity index (χ0) is 23.5. The second-order valence-electron chi connectivity index (χ2n) is 7.55. The van der Waals surface area contributed by atoms with Crippen molar-refractivity contribution in [3.63, 3.8) is 0 Å². The summed E-state index contributed by atoms with van der Waals surface area (Å²) in [6, 6.07) is 13.3. The van der Waals surface area contributed by atoms with Crippen LogP contribution in [-0.2, 0) is 9.59 Å². The number of unbranched alkanes of at least 4 members (excludes halogenated alkanes) is 1. The molecule has 0 saturated carbocycles. The first-order valence-corrected chi connectivity index (χ1v) is 12.1. The molecule has 0 aliphatic carbocycles. The lowest BCUT2D eigenvalue weighted by Crippen LogP contribution is -2.29. The molecule has 33 heavy (non-hydrogen) atoms. The Balaban J connectivity index is 1.78. The molecule has 1 atom stereocenters. The highest BCUT2D eigenvalue weighted by atomic mass is 79.9. The normalized spacial score (nSPS) is 17.5. The third-order valence-electron chi connectivity index (χ3n) is 5.25. The first kappa shape index (κ1) is 23.1. The maximum Gasteiger partial charge on any atom is 0.301 e. The predicted octanol–water partition coefficient (Wildman–Crippen LogP) is 5.41. The number of aryl methyl sites for hydroxylation is 1. The number of rotatable bonds is 7. The minimum absolute atomic E-state index is 0.00910. The van der Waals surface area contributed by atoms with Gasteiger partial charge in [-0.2, -0.15) is 0 Å². The van der Waals surface area contributed by atoms with Crippen LogP contribution in [0.15, 0.2) is 58.6 Å². The number of aromatic nitrogens is 2. The molecule has 0 radical (unpaired) electrons. The highest BCUT2D eigenvalue weighted by Crippen LogP contribution is 2.43. The van der Waals surface area contributed by atoms with Crippen LogP contribution in [0.2, 0.25) is 0 Å². The van der Waals surface area contributed by atoms with Gasteiger partial charge in [0, 0.05) is 10.0 Å². The summed E-state index contributed by atoms with van der Waals surface area (Å²) in [6.45, 7) is 4.47. The molecular weight excluding hydrogens is 506 g/mol. The van der Waals surface area contributed by atoms with Crippen molar-refractivity contribution in [1.82, 2.24) is 10.2 Å². The van der Waals surface area contributed by atoms with Crippen molar-refractivity contribution in [2.75, 3.05) is 11.5 Å². The molecule has 1 unspecified atom stereocenters. The van der Waals surface area contributed by atoms with Gasteiger partial charge in [-0.15, -0.1) is 10.2 Å². The van der Waals surface area contributed by atoms with Crippen LogP contribution in [0.25, 0.3) is 5.76 Å². The Labute approximate surface area is 203 Å². The quantitative estimate of drug-likeness (QED) is 0.191. The molecule has 1 saturated heterocycles. The van der Waals surface area contributed by atoms with Gasteiger partial charge in [-0.05, 0) is 55.3 Å². The largest absolute Gasteiger partial charge is 0.507 e. The van der Waals surface area contributed by atoms with Crippen molar-refractivity contribution < 1.29 is 19.4 Å². The molecule has 4 rings (SSSR count). The summed E-state index contributed by atoms with van der Waals surface area (Å²) < 4.78 is 6.53. The number of hydrogen-bond acceptors (Lipinski definition) is 7. The van der Waals surface area contributed by atoms with Gasteiger partial charge in [-0.25, -0.2) is 0 Å². The number of aliphatic hydroxyl groups is 1. The Bertz CT molecular complexity index is 1210. The summed E-state index contributed by atoms with van der Waals surface area (Å²) in [5.74, 6) is -1.09. The van der Waals surface area contributed by atoms with E-state index in [4.69, 9.17) is 4.74 Å². The van der Waals surface area contributed by atoms with Crippen LogP contribution >= 0.6 is 27.3 Å². The Morgan fingerprint density at radius 3 is 2.42 bits per heavy atom. The van der Waals surface area contributed by atoms with E-state index in [2.05, 4.69) is 33.1 Å². The van der Waals surface area contributed by atoms with Gasteiger partial charge in [-0.1, -0.05) is 52.7 Å². The van der Waals surface area contributed by atoms with E-state index in [1.165, 1.54) is 16.2 Å². The monoisotopic (exact) mass is 527 g/mol. The van der Waals surface area contributed by atoms with E-state index in [1.54, 1.807) is 43.3 Å². The van der Waals surface area contributed by atoms with Crippen molar-refractivity contribution in [2.45, 2.75) is 32.7 Å². The standard InChI is InChI=1S/C24H22BrN3O4S/c1-3-4-13-32-18-11-7-16(8-12-18)21(29)19-20(15-5-9-17(25)10-6-15)28(23(31)22(19)30)24-27-26-14(2)33-24/h5-12,20,29H,3-4,13H2,1-2H3/b21-19+. The SMILES string of the molecule is CCCCOc1ccc(/C(O)=C2\C(=O)C(=O)N(c3nnc(C)s3)C2c2ccc(Br)cc2)cc1. The zero-order valence-corrected chi connectivity index (χ0v) is 20.5. The summed E-state index contributed by atoms with van der Waals surface area (Å²) >= 11 is 4.62. The fraction of sp³-hybridized carbons (Fsp3) is 0.250. The summed E-state index contributed by atoms with van der Waals surface area (Å²) in [6.07, 6.45) is 1.98. The van der Waals surface area contributed by atoms with Gasteiger partial charge in [-0.3, -0.25) is 14.5 Å². The van der Waals surface area contributed by atoms with E-state index in [9.17, 15) is 14.7 Å². The summed E-state index contributed by atoms with van der Waals surface area (Å²) in [5.41, 5.74) is 1.10. The smallest absolute Gasteiger partial charge is 0.301 e. The van der Waals surface area contributed by atoms with Gasteiger partial charge in [0.1, 0.15) is 16.5 Å². The molecular formula is C24H22BrN3O4S. The lowest BCUT2D eigenvalue weighted by Gasteiger charge is -2.22. The summed E-state index contributed by atoms with van der Waals surface area (Å²) in [4.78, 5) is 27.5. The lowest BCUT2D eigenvalue weighted by molar-refractivity contribution is -0.132. The zero-order valence-electron chi connectivity index (χ0n) is 18.1. The number of anilines is 1. The number of carbonyl (C=O) groups is 2. The minimum atomic E-state index is -0.828. The Morgan fingerprint density at radius 1 is 1.12 bits per heavy atom. The number of Topliss-reactive ketones (excluding diaryl/α,β-unsaturated/α-hetero) is 1. The molecule has 0 bridgehead atoms. The molecule has 9 heteroatoms. The molecule has 1 aliphatic heterocycles. The molecule has 1 aromatic heterocycles. The van der Waals surface area contributed by atoms with Crippen molar-refractivity contribution in [2.24, 2.45) is 0 Å². The summed E-state index contributed by atoms with van der Waals surface area (Å²) in [5, 5.41) is 20.2. The van der Waals surface area contributed by atoms with Crippen molar-refractivity contribution in [3.8, 4) is 5.75 Å². The highest BCUT2D eigenvalue weighted by molar-refractivity contribution is 9.10. The number of ketones is 1. The lowest BCUT2D eigenvalue weighted by atomic mass is 9.95. The second kappa shape index (κ2) is 9.84. The Kier molecular flexibility index (Phi) is 6.90. The van der Waals surface area contributed by atoms with Gasteiger partial charge in [0.2, 0.25) is 5.13 Å². The molecule has 2 heterocycles. The Morgan fingerprint density at radius 2 is 1.82 bits per heavy atom. The van der Waals surface area contributed by atoms with Gasteiger partial charge in [0.15, 0.2) is 0 Å². The molecule has 7 nitrogen and oxygen atoms in total. The maximum absolute atomic E-state index is 13.1. The minimum Gasteiger partial charge on any atom is -0.507 e. The van der Waals surface area contributed by atoms with Gasteiger partial charge >= 0.3 is 5.91 Å². The second-order valence-corrected chi connectivity index (χ2v) is 9.63. The van der Waals surface area contributed by atoms with E-state index >= 15 is 0 Å². The first-order chi connectivity index (χ1) is 15.9. The van der Waals surface area contributed by atoms with Gasteiger partial charge in [0.25, 0.3) is 5.78 Å². The van der Waals surface area contributed by atoms with E-state index in [0.717, 1.165) is 17.3 Å². The number of aliphatic hydroxyl groups excluding tert-OH is 1. The molecule has 1 aliphatic rings.